The third kappa shape index (κ3) is 4.63. The lowest BCUT2D eigenvalue weighted by molar-refractivity contribution is -0.148. The molecule has 30 heavy (non-hydrogen) atoms. The van der Waals surface area contributed by atoms with Crippen molar-refractivity contribution in [3.8, 4) is 0 Å². The largest absolute Gasteiger partial charge is 0.337 e. The van der Waals surface area contributed by atoms with Crippen molar-refractivity contribution >= 4 is 11.8 Å². The zero-order valence-electron chi connectivity index (χ0n) is 17.1. The molecule has 2 saturated heterocycles. The predicted molar refractivity (Wildman–Crippen MR) is 103 cm³/mol. The van der Waals surface area contributed by atoms with Gasteiger partial charge in [-0.25, -0.2) is 8.78 Å². The molecule has 3 fully saturated rings. The standard InChI is InChI=1S/C20H29F2N5O3/c21-20(22)8-7-16(28)26(12-20)11-14(23)10-17(29)27-9-2-1-6-15(27)19-24-18(25-30-19)13-4-3-5-13/h13-15H,1-12,23H2/t14-,15-/m0/s1. The van der Waals surface area contributed by atoms with Gasteiger partial charge < -0.3 is 20.1 Å². The normalized spacial score (nSPS) is 25.8. The van der Waals surface area contributed by atoms with E-state index in [1.165, 1.54) is 6.42 Å². The SMILES string of the molecule is N[C@@H](CC(=O)N1CCCC[C@H]1c1nc(C2CCC2)no1)CN1CC(F)(F)CCC1=O. The first-order valence-electron chi connectivity index (χ1n) is 10.9. The number of amides is 2. The number of carbonyl (C=O) groups excluding carboxylic acids is 2. The van der Waals surface area contributed by atoms with Gasteiger partial charge in [0, 0.05) is 44.3 Å². The summed E-state index contributed by atoms with van der Waals surface area (Å²) < 4.78 is 32.7. The van der Waals surface area contributed by atoms with Crippen molar-refractivity contribution < 1.29 is 22.9 Å². The number of rotatable bonds is 6. The zero-order chi connectivity index (χ0) is 21.3. The molecule has 1 aromatic heterocycles. The molecule has 2 amide bonds. The van der Waals surface area contributed by atoms with Crippen molar-refractivity contribution in [2.75, 3.05) is 19.6 Å². The smallest absolute Gasteiger partial charge is 0.265 e. The van der Waals surface area contributed by atoms with Crippen LogP contribution in [0.25, 0.3) is 0 Å². The summed E-state index contributed by atoms with van der Waals surface area (Å²) in [5.41, 5.74) is 6.08. The molecule has 2 aliphatic heterocycles. The molecule has 166 valence electrons. The maximum absolute atomic E-state index is 13.6. The molecule has 2 atom stereocenters. The van der Waals surface area contributed by atoms with Gasteiger partial charge in [0.05, 0.1) is 6.54 Å². The molecular weight excluding hydrogens is 396 g/mol. The predicted octanol–water partition coefficient (Wildman–Crippen LogP) is 2.37. The lowest BCUT2D eigenvalue weighted by Crippen LogP contribution is -2.51. The van der Waals surface area contributed by atoms with Crippen LogP contribution in [0.3, 0.4) is 0 Å². The van der Waals surface area contributed by atoms with E-state index >= 15 is 0 Å². The van der Waals surface area contributed by atoms with E-state index in [0.717, 1.165) is 42.8 Å². The van der Waals surface area contributed by atoms with Crippen LogP contribution in [0, 0.1) is 0 Å². The number of hydrogen-bond donors (Lipinski definition) is 1. The van der Waals surface area contributed by atoms with E-state index in [2.05, 4.69) is 10.1 Å². The number of nitrogens with zero attached hydrogens (tertiary/aromatic N) is 4. The van der Waals surface area contributed by atoms with Gasteiger partial charge in [0.2, 0.25) is 17.7 Å². The van der Waals surface area contributed by atoms with Gasteiger partial charge >= 0.3 is 0 Å². The second kappa shape index (κ2) is 8.56. The maximum atomic E-state index is 13.6. The van der Waals surface area contributed by atoms with Crippen LogP contribution in [-0.2, 0) is 9.59 Å². The van der Waals surface area contributed by atoms with Gasteiger partial charge in [0.1, 0.15) is 6.04 Å². The number of halogens is 2. The van der Waals surface area contributed by atoms with Gasteiger partial charge in [0.25, 0.3) is 5.92 Å². The summed E-state index contributed by atoms with van der Waals surface area (Å²) in [6.07, 6.45) is 5.23. The third-order valence-corrected chi connectivity index (χ3v) is 6.41. The quantitative estimate of drug-likeness (QED) is 0.750. The van der Waals surface area contributed by atoms with E-state index in [-0.39, 0.29) is 37.2 Å². The van der Waals surface area contributed by atoms with Crippen molar-refractivity contribution in [3.05, 3.63) is 11.7 Å². The fourth-order valence-corrected chi connectivity index (χ4v) is 4.45. The number of piperidine rings is 2. The number of likely N-dealkylation sites (tertiary alicyclic amines) is 2. The van der Waals surface area contributed by atoms with Gasteiger partial charge in [-0.1, -0.05) is 11.6 Å². The molecule has 0 radical (unpaired) electrons. The zero-order valence-corrected chi connectivity index (χ0v) is 17.1. The van der Waals surface area contributed by atoms with E-state index < -0.39 is 24.9 Å². The minimum atomic E-state index is -2.90. The Morgan fingerprint density at radius 1 is 1.27 bits per heavy atom. The van der Waals surface area contributed by atoms with Crippen LogP contribution in [-0.4, -0.2) is 63.4 Å². The second-order valence-electron chi connectivity index (χ2n) is 8.81. The molecule has 0 spiro atoms. The number of alkyl halides is 2. The fourth-order valence-electron chi connectivity index (χ4n) is 4.45. The van der Waals surface area contributed by atoms with Gasteiger partial charge in [-0.3, -0.25) is 9.59 Å². The van der Waals surface area contributed by atoms with Gasteiger partial charge in [-0.15, -0.1) is 0 Å². The van der Waals surface area contributed by atoms with Crippen molar-refractivity contribution in [3.63, 3.8) is 0 Å². The first-order valence-corrected chi connectivity index (χ1v) is 10.9. The molecular formula is C20H29F2N5O3. The average Bonchev–Trinajstić information content (AvgIpc) is 3.12. The Hall–Kier alpha value is -2.10. The van der Waals surface area contributed by atoms with E-state index in [0.29, 0.717) is 18.4 Å². The summed E-state index contributed by atoms with van der Waals surface area (Å²) >= 11 is 0. The van der Waals surface area contributed by atoms with Crippen LogP contribution in [0.5, 0.6) is 0 Å². The van der Waals surface area contributed by atoms with Gasteiger partial charge in [-0.2, -0.15) is 4.98 Å². The molecule has 0 aromatic carbocycles. The number of nitrogens with two attached hydrogens (primary N) is 1. The highest BCUT2D eigenvalue weighted by molar-refractivity contribution is 5.79. The molecule has 1 saturated carbocycles. The molecule has 2 N–H and O–H groups in total. The summed E-state index contributed by atoms with van der Waals surface area (Å²) in [4.78, 5) is 32.2. The molecule has 4 rings (SSSR count). The first kappa shape index (κ1) is 21.1. The van der Waals surface area contributed by atoms with Crippen molar-refractivity contribution in [2.24, 2.45) is 5.73 Å². The minimum absolute atomic E-state index is 0.0184. The molecule has 1 aromatic rings. The Balaban J connectivity index is 1.37. The molecule has 1 aliphatic carbocycles. The van der Waals surface area contributed by atoms with Crippen LogP contribution in [0.2, 0.25) is 0 Å². The summed E-state index contributed by atoms with van der Waals surface area (Å²) in [6, 6.07) is -0.980. The van der Waals surface area contributed by atoms with Gasteiger partial charge in [0.15, 0.2) is 5.82 Å². The summed E-state index contributed by atoms with van der Waals surface area (Å²) in [5, 5.41) is 4.10. The number of hydrogen-bond acceptors (Lipinski definition) is 6. The fraction of sp³-hybridized carbons (Fsp3) is 0.800. The molecule has 10 heteroatoms. The maximum Gasteiger partial charge on any atom is 0.265 e. The van der Waals surface area contributed by atoms with E-state index in [1.54, 1.807) is 4.90 Å². The second-order valence-corrected chi connectivity index (χ2v) is 8.81. The topological polar surface area (TPSA) is 106 Å². The first-order chi connectivity index (χ1) is 14.3. The summed E-state index contributed by atoms with van der Waals surface area (Å²) in [7, 11) is 0. The number of aromatic nitrogens is 2. The Bertz CT molecular complexity index is 782. The number of carbonyl (C=O) groups is 2. The van der Waals surface area contributed by atoms with Crippen molar-refractivity contribution in [2.45, 2.75) is 81.7 Å². The van der Waals surface area contributed by atoms with Crippen LogP contribution >= 0.6 is 0 Å². The molecule has 0 bridgehead atoms. The summed E-state index contributed by atoms with van der Waals surface area (Å²) in [5.74, 6) is -1.88. The Kier molecular flexibility index (Phi) is 6.04. The lowest BCUT2D eigenvalue weighted by atomic mass is 9.85. The Labute approximate surface area is 174 Å². The molecule has 3 aliphatic rings. The monoisotopic (exact) mass is 425 g/mol. The molecule has 3 heterocycles. The van der Waals surface area contributed by atoms with Crippen LogP contribution in [0.4, 0.5) is 8.78 Å². The van der Waals surface area contributed by atoms with Crippen molar-refractivity contribution in [1.29, 1.82) is 0 Å². The molecule has 0 unspecified atom stereocenters. The van der Waals surface area contributed by atoms with Crippen LogP contribution in [0.1, 0.15) is 81.5 Å². The summed E-state index contributed by atoms with van der Waals surface area (Å²) in [6.45, 7) is -0.116. The third-order valence-electron chi connectivity index (χ3n) is 6.41. The average molecular weight is 425 g/mol. The van der Waals surface area contributed by atoms with E-state index in [4.69, 9.17) is 10.3 Å². The minimum Gasteiger partial charge on any atom is -0.337 e. The van der Waals surface area contributed by atoms with Gasteiger partial charge in [-0.05, 0) is 32.1 Å². The van der Waals surface area contributed by atoms with Crippen LogP contribution in [0.15, 0.2) is 4.52 Å². The van der Waals surface area contributed by atoms with Crippen LogP contribution < -0.4 is 5.73 Å². The van der Waals surface area contributed by atoms with E-state index in [9.17, 15) is 18.4 Å². The Morgan fingerprint density at radius 3 is 2.80 bits per heavy atom. The van der Waals surface area contributed by atoms with E-state index in [1.807, 2.05) is 0 Å². The highest BCUT2D eigenvalue weighted by Gasteiger charge is 2.40. The van der Waals surface area contributed by atoms with Crippen molar-refractivity contribution in [1.82, 2.24) is 19.9 Å². The Morgan fingerprint density at radius 2 is 2.07 bits per heavy atom. The highest BCUT2D eigenvalue weighted by atomic mass is 19.3. The highest BCUT2D eigenvalue weighted by Crippen LogP contribution is 2.37. The lowest BCUT2D eigenvalue weighted by Gasteiger charge is -2.36. The molecule has 8 nitrogen and oxygen atoms in total.